The fourth-order valence-corrected chi connectivity index (χ4v) is 1.36. The molecule has 1 aromatic rings. The number of hydrogen-bond donors (Lipinski definition) is 0. The SMILES string of the molecule is Cn1nnc2c1CC(=O)CC2. The molecule has 0 aromatic carbocycles. The van der Waals surface area contributed by atoms with E-state index in [1.807, 2.05) is 7.05 Å². The molecule has 0 atom stereocenters. The third kappa shape index (κ3) is 0.943. The highest BCUT2D eigenvalue weighted by Gasteiger charge is 2.19. The molecule has 4 nitrogen and oxygen atoms in total. The molecule has 0 amide bonds. The first-order chi connectivity index (χ1) is 5.27. The van der Waals surface area contributed by atoms with Gasteiger partial charge in [0.25, 0.3) is 0 Å². The molecule has 0 unspecified atom stereocenters. The second kappa shape index (κ2) is 2.15. The van der Waals surface area contributed by atoms with Crippen molar-refractivity contribution in [1.82, 2.24) is 15.0 Å². The molecular weight excluding hydrogens is 142 g/mol. The lowest BCUT2D eigenvalue weighted by atomic mass is 10.00. The average Bonchev–Trinajstić information content (AvgIpc) is 2.33. The van der Waals surface area contributed by atoms with Gasteiger partial charge in [0.1, 0.15) is 5.78 Å². The topological polar surface area (TPSA) is 47.8 Å². The fourth-order valence-electron chi connectivity index (χ4n) is 1.36. The summed E-state index contributed by atoms with van der Waals surface area (Å²) in [6.45, 7) is 0. The number of aromatic nitrogens is 3. The molecule has 0 saturated heterocycles. The van der Waals surface area contributed by atoms with Crippen molar-refractivity contribution in [1.29, 1.82) is 0 Å². The molecule has 0 bridgehead atoms. The van der Waals surface area contributed by atoms with Crippen molar-refractivity contribution >= 4 is 5.78 Å². The smallest absolute Gasteiger partial charge is 0.139 e. The normalized spacial score (nSPS) is 16.6. The van der Waals surface area contributed by atoms with Crippen molar-refractivity contribution in [2.24, 2.45) is 7.05 Å². The van der Waals surface area contributed by atoms with Crippen LogP contribution >= 0.6 is 0 Å². The minimum Gasteiger partial charge on any atom is -0.299 e. The highest BCUT2D eigenvalue weighted by Crippen LogP contribution is 2.14. The molecule has 0 spiro atoms. The predicted molar refractivity (Wildman–Crippen MR) is 38.0 cm³/mol. The van der Waals surface area contributed by atoms with Gasteiger partial charge in [0, 0.05) is 19.9 Å². The van der Waals surface area contributed by atoms with Crippen LogP contribution in [0, 0.1) is 0 Å². The Bertz CT molecular complexity index is 303. The van der Waals surface area contributed by atoms with Crippen LogP contribution in [0.5, 0.6) is 0 Å². The quantitative estimate of drug-likeness (QED) is 0.519. The first-order valence-electron chi connectivity index (χ1n) is 3.66. The molecule has 0 N–H and O–H groups in total. The van der Waals surface area contributed by atoms with Gasteiger partial charge >= 0.3 is 0 Å². The van der Waals surface area contributed by atoms with Crippen LogP contribution in [0.2, 0.25) is 0 Å². The average molecular weight is 151 g/mol. The van der Waals surface area contributed by atoms with E-state index in [4.69, 9.17) is 0 Å². The maximum absolute atomic E-state index is 11.0. The first kappa shape index (κ1) is 6.52. The first-order valence-corrected chi connectivity index (χ1v) is 3.66. The molecule has 2 rings (SSSR count). The summed E-state index contributed by atoms with van der Waals surface area (Å²) in [6, 6.07) is 0. The van der Waals surface area contributed by atoms with Gasteiger partial charge in [-0.1, -0.05) is 5.21 Å². The largest absolute Gasteiger partial charge is 0.299 e. The van der Waals surface area contributed by atoms with Gasteiger partial charge in [-0.2, -0.15) is 0 Å². The molecule has 1 heterocycles. The lowest BCUT2D eigenvalue weighted by molar-refractivity contribution is -0.118. The van der Waals surface area contributed by atoms with E-state index < -0.39 is 0 Å². The predicted octanol–water partition coefficient (Wildman–Crippen LogP) is -0.127. The molecular formula is C7H9N3O. The zero-order valence-corrected chi connectivity index (χ0v) is 6.37. The Morgan fingerprint density at radius 1 is 1.45 bits per heavy atom. The van der Waals surface area contributed by atoms with Crippen LogP contribution in [0.1, 0.15) is 17.8 Å². The maximum atomic E-state index is 11.0. The van der Waals surface area contributed by atoms with Crippen LogP contribution in [0.15, 0.2) is 0 Å². The molecule has 4 heteroatoms. The molecule has 1 aromatic heterocycles. The van der Waals surface area contributed by atoms with Crippen molar-refractivity contribution in [3.8, 4) is 0 Å². The Morgan fingerprint density at radius 2 is 2.27 bits per heavy atom. The molecule has 0 fully saturated rings. The van der Waals surface area contributed by atoms with Crippen molar-refractivity contribution < 1.29 is 4.79 Å². The van der Waals surface area contributed by atoms with E-state index in [0.29, 0.717) is 18.6 Å². The fraction of sp³-hybridized carbons (Fsp3) is 0.571. The number of aryl methyl sites for hydroxylation is 2. The zero-order valence-electron chi connectivity index (χ0n) is 6.37. The summed E-state index contributed by atoms with van der Waals surface area (Å²) in [5.74, 6) is 0.294. The number of nitrogens with zero attached hydrogens (tertiary/aromatic N) is 3. The van der Waals surface area contributed by atoms with E-state index >= 15 is 0 Å². The maximum Gasteiger partial charge on any atom is 0.139 e. The van der Waals surface area contributed by atoms with Gasteiger partial charge in [0.2, 0.25) is 0 Å². The van der Waals surface area contributed by atoms with Gasteiger partial charge in [0.15, 0.2) is 0 Å². The van der Waals surface area contributed by atoms with Gasteiger partial charge < -0.3 is 0 Å². The summed E-state index contributed by atoms with van der Waals surface area (Å²) in [5.41, 5.74) is 1.98. The highest BCUT2D eigenvalue weighted by molar-refractivity contribution is 5.82. The number of hydrogen-bond acceptors (Lipinski definition) is 3. The molecule has 1 aliphatic carbocycles. The van der Waals surface area contributed by atoms with E-state index in [9.17, 15) is 4.79 Å². The summed E-state index contributed by atoms with van der Waals surface area (Å²) in [6.07, 6.45) is 1.91. The summed E-state index contributed by atoms with van der Waals surface area (Å²) >= 11 is 0. The van der Waals surface area contributed by atoms with E-state index in [1.165, 1.54) is 0 Å². The zero-order chi connectivity index (χ0) is 7.84. The number of Topliss-reactive ketones (excluding diaryl/α,β-unsaturated/α-hetero) is 1. The van der Waals surface area contributed by atoms with Crippen LogP contribution in [0.3, 0.4) is 0 Å². The lowest BCUT2D eigenvalue weighted by Gasteiger charge is -2.08. The van der Waals surface area contributed by atoms with E-state index in [0.717, 1.165) is 17.8 Å². The standard InChI is InChI=1S/C7H9N3O/c1-10-7-4-5(11)2-3-6(7)8-9-10/h2-4H2,1H3. The highest BCUT2D eigenvalue weighted by atomic mass is 16.1. The number of fused-ring (bicyclic) bond motifs is 1. The van der Waals surface area contributed by atoms with Crippen LogP contribution in [-0.4, -0.2) is 20.8 Å². The third-order valence-electron chi connectivity index (χ3n) is 2.03. The minimum atomic E-state index is 0.294. The number of carbonyl (C=O) groups excluding carboxylic acids is 1. The number of rotatable bonds is 0. The van der Waals surface area contributed by atoms with E-state index in [-0.39, 0.29) is 0 Å². The Kier molecular flexibility index (Phi) is 1.27. The Balaban J connectivity index is 2.45. The number of carbonyl (C=O) groups is 1. The molecule has 0 radical (unpaired) electrons. The Hall–Kier alpha value is -1.19. The molecule has 11 heavy (non-hydrogen) atoms. The van der Waals surface area contributed by atoms with Gasteiger partial charge in [0.05, 0.1) is 17.8 Å². The van der Waals surface area contributed by atoms with Crippen LogP contribution in [0.4, 0.5) is 0 Å². The third-order valence-corrected chi connectivity index (χ3v) is 2.03. The van der Waals surface area contributed by atoms with Crippen molar-refractivity contribution in [3.63, 3.8) is 0 Å². The molecule has 1 aliphatic rings. The van der Waals surface area contributed by atoms with Crippen LogP contribution < -0.4 is 0 Å². The van der Waals surface area contributed by atoms with Gasteiger partial charge in [-0.25, -0.2) is 0 Å². The van der Waals surface area contributed by atoms with Crippen molar-refractivity contribution in [2.75, 3.05) is 0 Å². The number of ketones is 1. The monoisotopic (exact) mass is 151 g/mol. The Morgan fingerprint density at radius 3 is 3.09 bits per heavy atom. The summed E-state index contributed by atoms with van der Waals surface area (Å²) in [5, 5.41) is 7.80. The second-order valence-electron chi connectivity index (χ2n) is 2.82. The van der Waals surface area contributed by atoms with Crippen molar-refractivity contribution in [3.05, 3.63) is 11.4 Å². The molecule has 0 aliphatic heterocycles. The lowest BCUT2D eigenvalue weighted by Crippen LogP contribution is -2.15. The van der Waals surface area contributed by atoms with Crippen LogP contribution in [-0.2, 0) is 24.7 Å². The molecule has 58 valence electrons. The molecule has 0 saturated carbocycles. The van der Waals surface area contributed by atoms with Crippen LogP contribution in [0.25, 0.3) is 0 Å². The van der Waals surface area contributed by atoms with Gasteiger partial charge in [-0.3, -0.25) is 9.48 Å². The minimum absolute atomic E-state index is 0.294. The second-order valence-corrected chi connectivity index (χ2v) is 2.82. The summed E-state index contributed by atoms with van der Waals surface area (Å²) < 4.78 is 1.69. The Labute approximate surface area is 64.2 Å². The van der Waals surface area contributed by atoms with Crippen molar-refractivity contribution in [2.45, 2.75) is 19.3 Å². The summed E-state index contributed by atoms with van der Waals surface area (Å²) in [4.78, 5) is 11.0. The van der Waals surface area contributed by atoms with Gasteiger partial charge in [-0.15, -0.1) is 5.10 Å². The van der Waals surface area contributed by atoms with Gasteiger partial charge in [-0.05, 0) is 0 Å². The van der Waals surface area contributed by atoms with E-state index in [2.05, 4.69) is 10.3 Å². The summed E-state index contributed by atoms with van der Waals surface area (Å²) in [7, 11) is 1.82. The van der Waals surface area contributed by atoms with E-state index in [1.54, 1.807) is 4.68 Å².